The molecule has 0 atom stereocenters. The number of rotatable bonds is 6. The van der Waals surface area contributed by atoms with Gasteiger partial charge in [-0.1, -0.05) is 18.2 Å². The van der Waals surface area contributed by atoms with Gasteiger partial charge in [0.25, 0.3) is 11.8 Å². The Balaban J connectivity index is 1.91. The highest BCUT2D eigenvalue weighted by Crippen LogP contribution is 2.26. The molecule has 0 bridgehead atoms. The normalized spacial score (nSPS) is 12.8. The summed E-state index contributed by atoms with van der Waals surface area (Å²) in [7, 11) is 1.55. The molecule has 0 unspecified atom stereocenters. The smallest absolute Gasteiger partial charge is 0.287 e. The lowest BCUT2D eigenvalue weighted by atomic mass is 10.1. The lowest BCUT2D eigenvalue weighted by Gasteiger charge is -2.17. The maximum Gasteiger partial charge on any atom is 0.287 e. The van der Waals surface area contributed by atoms with E-state index in [-0.39, 0.29) is 17.6 Å². The summed E-state index contributed by atoms with van der Waals surface area (Å²) in [6.45, 7) is 4.63. The number of fused-ring (bicyclic) bond motifs is 1. The van der Waals surface area contributed by atoms with Gasteiger partial charge in [-0.2, -0.15) is 0 Å². The van der Waals surface area contributed by atoms with Gasteiger partial charge in [0.1, 0.15) is 5.75 Å². The van der Waals surface area contributed by atoms with Crippen LogP contribution in [0, 0.1) is 0 Å². The number of carbonyl (C=O) groups is 2. The molecule has 1 aromatic carbocycles. The number of aromatic nitrogens is 2. The summed E-state index contributed by atoms with van der Waals surface area (Å²) in [6.07, 6.45) is 4.25. The minimum absolute atomic E-state index is 0.270. The fourth-order valence-electron chi connectivity index (χ4n) is 3.07. The van der Waals surface area contributed by atoms with Gasteiger partial charge in [-0.3, -0.25) is 9.59 Å². The number of amides is 2. The number of nitrogens with zero attached hydrogens (tertiary/aromatic N) is 2. The highest BCUT2D eigenvalue weighted by atomic mass is 16.5. The van der Waals surface area contributed by atoms with Gasteiger partial charge in [-0.25, -0.2) is 4.98 Å². The molecule has 2 amide bonds. The maximum atomic E-state index is 12.8. The number of ether oxygens (including phenoxy) is 1. The number of carbonyl (C=O) groups excluding carboxylic acids is 2. The molecule has 1 aromatic heterocycles. The van der Waals surface area contributed by atoms with Crippen molar-refractivity contribution < 1.29 is 14.3 Å². The Bertz CT molecular complexity index is 841. The minimum Gasteiger partial charge on any atom is -0.495 e. The molecular weight excluding hydrogens is 332 g/mol. The third kappa shape index (κ3) is 3.46. The van der Waals surface area contributed by atoms with Gasteiger partial charge in [0.05, 0.1) is 18.5 Å². The Hall–Kier alpha value is -3.09. The number of nitrogens with one attached hydrogen (secondary N) is 2. The highest BCUT2D eigenvalue weighted by molar-refractivity contribution is 6.05. The topological polar surface area (TPSA) is 85.2 Å². The molecule has 0 saturated carbocycles. The SMILES string of the molecule is C=CCNC(=O)c1nc(C(=O)Nc2ccccc2OC)c2n1CCCC2. The summed E-state index contributed by atoms with van der Waals surface area (Å²) < 4.78 is 7.11. The highest BCUT2D eigenvalue weighted by Gasteiger charge is 2.27. The van der Waals surface area contributed by atoms with Crippen molar-refractivity contribution in [2.75, 3.05) is 19.0 Å². The van der Waals surface area contributed by atoms with E-state index >= 15 is 0 Å². The molecule has 136 valence electrons. The van der Waals surface area contributed by atoms with Crippen LogP contribution in [0.2, 0.25) is 0 Å². The van der Waals surface area contributed by atoms with E-state index in [4.69, 9.17) is 4.74 Å². The second-order valence-electron chi connectivity index (χ2n) is 5.99. The monoisotopic (exact) mass is 354 g/mol. The molecular formula is C19H22N4O3. The summed E-state index contributed by atoms with van der Waals surface area (Å²) in [5.41, 5.74) is 1.65. The van der Waals surface area contributed by atoms with Gasteiger partial charge in [-0.05, 0) is 31.4 Å². The number of para-hydroxylation sites is 2. The summed E-state index contributed by atoms with van der Waals surface area (Å²) in [5.74, 6) is 0.192. The standard InChI is InChI=1S/C19H22N4O3/c1-3-11-20-19(25)17-22-16(14-9-6-7-12-23(14)17)18(24)21-13-8-4-5-10-15(13)26-2/h3-5,8,10H,1,6-7,9,11-12H2,2H3,(H,20,25)(H,21,24). The first kappa shape index (κ1) is 17.7. The van der Waals surface area contributed by atoms with E-state index in [1.807, 2.05) is 16.7 Å². The van der Waals surface area contributed by atoms with Crippen LogP contribution < -0.4 is 15.4 Å². The second-order valence-corrected chi connectivity index (χ2v) is 5.99. The zero-order valence-corrected chi connectivity index (χ0v) is 14.7. The van der Waals surface area contributed by atoms with Crippen molar-refractivity contribution in [1.82, 2.24) is 14.9 Å². The van der Waals surface area contributed by atoms with Crippen LogP contribution in [0.25, 0.3) is 0 Å². The third-order valence-electron chi connectivity index (χ3n) is 4.30. The fraction of sp³-hybridized carbons (Fsp3) is 0.316. The van der Waals surface area contributed by atoms with E-state index in [0.717, 1.165) is 25.0 Å². The molecule has 1 aliphatic heterocycles. The third-order valence-corrected chi connectivity index (χ3v) is 4.30. The van der Waals surface area contributed by atoms with E-state index in [9.17, 15) is 9.59 Å². The Kier molecular flexibility index (Phi) is 5.36. The first-order valence-corrected chi connectivity index (χ1v) is 8.58. The Labute approximate surface area is 152 Å². The van der Waals surface area contributed by atoms with Gasteiger partial charge in [0, 0.05) is 13.1 Å². The summed E-state index contributed by atoms with van der Waals surface area (Å²) in [4.78, 5) is 29.6. The van der Waals surface area contributed by atoms with E-state index in [2.05, 4.69) is 22.2 Å². The zero-order chi connectivity index (χ0) is 18.5. The molecule has 0 radical (unpaired) electrons. The molecule has 1 aliphatic rings. The maximum absolute atomic E-state index is 12.8. The summed E-state index contributed by atoms with van der Waals surface area (Å²) >= 11 is 0. The largest absolute Gasteiger partial charge is 0.495 e. The average molecular weight is 354 g/mol. The molecule has 0 fully saturated rings. The van der Waals surface area contributed by atoms with Crippen molar-refractivity contribution in [3.05, 3.63) is 54.1 Å². The summed E-state index contributed by atoms with van der Waals surface area (Å²) in [5, 5.41) is 5.56. The number of methoxy groups -OCH3 is 1. The molecule has 0 aliphatic carbocycles. The van der Waals surface area contributed by atoms with Crippen LogP contribution >= 0.6 is 0 Å². The van der Waals surface area contributed by atoms with E-state index < -0.39 is 0 Å². The lowest BCUT2D eigenvalue weighted by molar-refractivity contribution is 0.0942. The molecule has 7 nitrogen and oxygen atoms in total. The first-order valence-electron chi connectivity index (χ1n) is 8.58. The molecule has 2 aromatic rings. The van der Waals surface area contributed by atoms with E-state index in [0.29, 0.717) is 30.2 Å². The quantitative estimate of drug-likeness (QED) is 0.780. The van der Waals surface area contributed by atoms with Crippen molar-refractivity contribution in [3.8, 4) is 5.75 Å². The lowest BCUT2D eigenvalue weighted by Crippen LogP contribution is -2.28. The fourth-order valence-corrected chi connectivity index (χ4v) is 3.07. The Morgan fingerprint density at radius 1 is 1.31 bits per heavy atom. The Morgan fingerprint density at radius 3 is 2.88 bits per heavy atom. The molecule has 3 rings (SSSR count). The number of anilines is 1. The van der Waals surface area contributed by atoms with Crippen LogP contribution in [-0.4, -0.2) is 35.0 Å². The van der Waals surface area contributed by atoms with Gasteiger partial charge < -0.3 is 19.9 Å². The number of imidazole rings is 1. The van der Waals surface area contributed by atoms with Crippen LogP contribution in [0.4, 0.5) is 5.69 Å². The molecule has 0 spiro atoms. The van der Waals surface area contributed by atoms with Gasteiger partial charge in [0.15, 0.2) is 11.5 Å². The molecule has 0 saturated heterocycles. The summed E-state index contributed by atoms with van der Waals surface area (Å²) in [6, 6.07) is 7.17. The van der Waals surface area contributed by atoms with Gasteiger partial charge in [-0.15, -0.1) is 6.58 Å². The van der Waals surface area contributed by atoms with Gasteiger partial charge >= 0.3 is 0 Å². The minimum atomic E-state index is -0.345. The molecule has 2 N–H and O–H groups in total. The second kappa shape index (κ2) is 7.86. The molecule has 2 heterocycles. The number of hydrogen-bond acceptors (Lipinski definition) is 4. The Morgan fingerprint density at radius 2 is 2.12 bits per heavy atom. The first-order chi connectivity index (χ1) is 12.7. The van der Waals surface area contributed by atoms with Crippen LogP contribution in [-0.2, 0) is 13.0 Å². The van der Waals surface area contributed by atoms with E-state index in [1.165, 1.54) is 0 Å². The molecule has 7 heteroatoms. The van der Waals surface area contributed by atoms with Crippen molar-refractivity contribution >= 4 is 17.5 Å². The number of hydrogen-bond donors (Lipinski definition) is 2. The van der Waals surface area contributed by atoms with E-state index in [1.54, 1.807) is 25.3 Å². The van der Waals surface area contributed by atoms with Gasteiger partial charge in [0.2, 0.25) is 0 Å². The molecule has 26 heavy (non-hydrogen) atoms. The van der Waals surface area contributed by atoms with Crippen molar-refractivity contribution in [2.45, 2.75) is 25.8 Å². The predicted octanol–water partition coefficient (Wildman–Crippen LogP) is 2.40. The zero-order valence-electron chi connectivity index (χ0n) is 14.7. The van der Waals surface area contributed by atoms with Crippen molar-refractivity contribution in [2.24, 2.45) is 0 Å². The van der Waals surface area contributed by atoms with Crippen molar-refractivity contribution in [1.29, 1.82) is 0 Å². The van der Waals surface area contributed by atoms with Crippen LogP contribution in [0.3, 0.4) is 0 Å². The van der Waals surface area contributed by atoms with Crippen LogP contribution in [0.5, 0.6) is 5.75 Å². The van der Waals surface area contributed by atoms with Crippen LogP contribution in [0.1, 0.15) is 39.6 Å². The predicted molar refractivity (Wildman–Crippen MR) is 98.6 cm³/mol. The average Bonchev–Trinajstić information content (AvgIpc) is 3.06. The number of benzene rings is 1. The van der Waals surface area contributed by atoms with Crippen molar-refractivity contribution in [3.63, 3.8) is 0 Å². The van der Waals surface area contributed by atoms with Crippen LogP contribution in [0.15, 0.2) is 36.9 Å².